The van der Waals surface area contributed by atoms with Crippen LogP contribution in [0.3, 0.4) is 0 Å². The number of amides is 1. The van der Waals surface area contributed by atoms with Gasteiger partial charge in [0.2, 0.25) is 5.91 Å². The highest BCUT2D eigenvalue weighted by Gasteiger charge is 2.27. The SMILES string of the molecule is CN1CCC[C@H](c2nnc3n2CCN(C(=O)Cc2ccc(F)cc2)CC3)C1. The molecule has 7 heteroatoms. The van der Waals surface area contributed by atoms with Crippen molar-refractivity contribution in [2.24, 2.45) is 0 Å². The molecule has 27 heavy (non-hydrogen) atoms. The second-order valence-corrected chi connectivity index (χ2v) is 7.66. The number of carbonyl (C=O) groups excluding carboxylic acids is 1. The van der Waals surface area contributed by atoms with E-state index in [2.05, 4.69) is 26.7 Å². The predicted octanol–water partition coefficient (Wildman–Crippen LogP) is 1.85. The number of likely N-dealkylation sites (N-methyl/N-ethyl adjacent to an activating group) is 1. The summed E-state index contributed by atoms with van der Waals surface area (Å²) in [7, 11) is 2.15. The van der Waals surface area contributed by atoms with Gasteiger partial charge in [0.05, 0.1) is 6.42 Å². The highest BCUT2D eigenvalue weighted by molar-refractivity contribution is 5.78. The first kappa shape index (κ1) is 18.1. The number of halogens is 1. The molecule has 1 aromatic heterocycles. The van der Waals surface area contributed by atoms with Crippen molar-refractivity contribution < 1.29 is 9.18 Å². The summed E-state index contributed by atoms with van der Waals surface area (Å²) in [6.07, 6.45) is 3.37. The van der Waals surface area contributed by atoms with E-state index < -0.39 is 0 Å². The Morgan fingerprint density at radius 3 is 2.74 bits per heavy atom. The molecule has 4 rings (SSSR count). The van der Waals surface area contributed by atoms with Crippen LogP contribution in [0.1, 0.15) is 36.0 Å². The molecule has 1 atom stereocenters. The molecular weight excluding hydrogens is 345 g/mol. The standard InChI is InChI=1S/C20H26FN5O/c1-24-9-2-3-16(14-24)20-23-22-18-8-10-25(11-12-26(18)20)19(27)13-15-4-6-17(21)7-5-15/h4-7,16H,2-3,8-14H2,1H3/t16-/m0/s1. The number of rotatable bonds is 3. The van der Waals surface area contributed by atoms with E-state index >= 15 is 0 Å². The maximum Gasteiger partial charge on any atom is 0.227 e. The minimum atomic E-state index is -0.278. The number of benzene rings is 1. The van der Waals surface area contributed by atoms with Gasteiger partial charge in [-0.05, 0) is 44.1 Å². The van der Waals surface area contributed by atoms with Crippen LogP contribution >= 0.6 is 0 Å². The van der Waals surface area contributed by atoms with E-state index in [1.807, 2.05) is 4.90 Å². The maximum atomic E-state index is 13.1. The van der Waals surface area contributed by atoms with Crippen LogP contribution in [0, 0.1) is 5.82 Å². The highest BCUT2D eigenvalue weighted by Crippen LogP contribution is 2.26. The van der Waals surface area contributed by atoms with Crippen molar-refractivity contribution in [3.63, 3.8) is 0 Å². The third kappa shape index (κ3) is 4.03. The van der Waals surface area contributed by atoms with Crippen molar-refractivity contribution in [3.05, 3.63) is 47.3 Å². The second-order valence-electron chi connectivity index (χ2n) is 7.66. The summed E-state index contributed by atoms with van der Waals surface area (Å²) in [4.78, 5) is 16.9. The van der Waals surface area contributed by atoms with Crippen molar-refractivity contribution in [3.8, 4) is 0 Å². The fourth-order valence-electron chi connectivity index (χ4n) is 4.16. The Hall–Kier alpha value is -2.28. The van der Waals surface area contributed by atoms with E-state index in [4.69, 9.17) is 0 Å². The monoisotopic (exact) mass is 371 g/mol. The van der Waals surface area contributed by atoms with Gasteiger partial charge < -0.3 is 14.4 Å². The van der Waals surface area contributed by atoms with Crippen LogP contribution in [0.4, 0.5) is 4.39 Å². The Labute approximate surface area is 159 Å². The lowest BCUT2D eigenvalue weighted by molar-refractivity contribution is -0.130. The summed E-state index contributed by atoms with van der Waals surface area (Å²) in [5.41, 5.74) is 0.844. The summed E-state index contributed by atoms with van der Waals surface area (Å²) in [6.45, 7) is 4.23. The molecule has 0 N–H and O–H groups in total. The zero-order valence-electron chi connectivity index (χ0n) is 15.8. The lowest BCUT2D eigenvalue weighted by Gasteiger charge is -2.29. The first-order chi connectivity index (χ1) is 13.1. The Balaban J connectivity index is 1.42. The van der Waals surface area contributed by atoms with Crippen molar-refractivity contribution in [1.29, 1.82) is 0 Å². The Morgan fingerprint density at radius 1 is 1.15 bits per heavy atom. The van der Waals surface area contributed by atoms with Gasteiger partial charge in [0.1, 0.15) is 17.5 Å². The van der Waals surface area contributed by atoms with Crippen LogP contribution in [0.15, 0.2) is 24.3 Å². The normalized spacial score (nSPS) is 21.0. The number of aromatic nitrogens is 3. The minimum absolute atomic E-state index is 0.0827. The number of carbonyl (C=O) groups is 1. The molecule has 1 saturated heterocycles. The largest absolute Gasteiger partial charge is 0.340 e. The Bertz CT molecular complexity index is 803. The van der Waals surface area contributed by atoms with E-state index in [9.17, 15) is 9.18 Å². The van der Waals surface area contributed by atoms with E-state index in [1.165, 1.54) is 18.6 Å². The van der Waals surface area contributed by atoms with Gasteiger partial charge in [0, 0.05) is 38.5 Å². The Morgan fingerprint density at radius 2 is 1.96 bits per heavy atom. The quantitative estimate of drug-likeness (QED) is 0.826. The van der Waals surface area contributed by atoms with Crippen LogP contribution in [0.25, 0.3) is 0 Å². The smallest absolute Gasteiger partial charge is 0.227 e. The van der Waals surface area contributed by atoms with Gasteiger partial charge in [-0.1, -0.05) is 12.1 Å². The van der Waals surface area contributed by atoms with E-state index in [0.29, 0.717) is 25.4 Å². The zero-order chi connectivity index (χ0) is 18.8. The van der Waals surface area contributed by atoms with Crippen molar-refractivity contribution in [1.82, 2.24) is 24.6 Å². The molecule has 0 bridgehead atoms. The number of piperidine rings is 1. The molecule has 1 amide bonds. The number of nitrogens with zero attached hydrogens (tertiary/aromatic N) is 5. The van der Waals surface area contributed by atoms with Crippen LogP contribution in [0.2, 0.25) is 0 Å². The molecular formula is C20H26FN5O. The topological polar surface area (TPSA) is 54.3 Å². The number of hydrogen-bond donors (Lipinski definition) is 0. The van der Waals surface area contributed by atoms with Gasteiger partial charge in [-0.2, -0.15) is 0 Å². The van der Waals surface area contributed by atoms with Crippen molar-refractivity contribution >= 4 is 5.91 Å². The van der Waals surface area contributed by atoms with Gasteiger partial charge in [-0.15, -0.1) is 10.2 Å². The summed E-state index contributed by atoms with van der Waals surface area (Å²) < 4.78 is 15.3. The van der Waals surface area contributed by atoms with E-state index in [-0.39, 0.29) is 11.7 Å². The molecule has 6 nitrogen and oxygen atoms in total. The van der Waals surface area contributed by atoms with Gasteiger partial charge in [0.25, 0.3) is 0 Å². The zero-order valence-corrected chi connectivity index (χ0v) is 15.8. The number of hydrogen-bond acceptors (Lipinski definition) is 4. The van der Waals surface area contributed by atoms with E-state index in [1.54, 1.807) is 12.1 Å². The summed E-state index contributed by atoms with van der Waals surface area (Å²) in [5, 5.41) is 8.91. The average Bonchev–Trinajstić information content (AvgIpc) is 2.95. The fourth-order valence-corrected chi connectivity index (χ4v) is 4.16. The lowest BCUT2D eigenvalue weighted by atomic mass is 9.97. The summed E-state index contributed by atoms with van der Waals surface area (Å²) >= 11 is 0. The first-order valence-electron chi connectivity index (χ1n) is 9.73. The van der Waals surface area contributed by atoms with Gasteiger partial charge >= 0.3 is 0 Å². The molecule has 0 unspecified atom stereocenters. The number of likely N-dealkylation sites (tertiary alicyclic amines) is 1. The maximum absolute atomic E-state index is 13.1. The average molecular weight is 371 g/mol. The van der Waals surface area contributed by atoms with Gasteiger partial charge in [0.15, 0.2) is 0 Å². The van der Waals surface area contributed by atoms with Gasteiger partial charge in [-0.25, -0.2) is 4.39 Å². The number of fused-ring (bicyclic) bond motifs is 1. The predicted molar refractivity (Wildman–Crippen MR) is 99.9 cm³/mol. The summed E-state index contributed by atoms with van der Waals surface area (Å²) in [6, 6.07) is 6.16. The minimum Gasteiger partial charge on any atom is -0.340 e. The van der Waals surface area contributed by atoms with Gasteiger partial charge in [-0.3, -0.25) is 4.79 Å². The van der Waals surface area contributed by atoms with E-state index in [0.717, 1.165) is 49.7 Å². The molecule has 0 radical (unpaired) electrons. The fraction of sp³-hybridized carbons (Fsp3) is 0.550. The third-order valence-corrected chi connectivity index (χ3v) is 5.67. The van der Waals surface area contributed by atoms with Crippen molar-refractivity contribution in [2.45, 2.75) is 38.1 Å². The second kappa shape index (κ2) is 7.76. The third-order valence-electron chi connectivity index (χ3n) is 5.67. The summed E-state index contributed by atoms with van der Waals surface area (Å²) in [5.74, 6) is 2.28. The molecule has 144 valence electrons. The Kier molecular flexibility index (Phi) is 5.20. The molecule has 2 aliphatic heterocycles. The van der Waals surface area contributed by atoms with Crippen LogP contribution < -0.4 is 0 Å². The molecule has 2 aromatic rings. The van der Waals surface area contributed by atoms with Crippen LogP contribution in [-0.2, 0) is 24.2 Å². The highest BCUT2D eigenvalue weighted by atomic mass is 19.1. The molecule has 1 fully saturated rings. The molecule has 0 saturated carbocycles. The molecule has 0 aliphatic carbocycles. The molecule has 3 heterocycles. The molecule has 1 aromatic carbocycles. The first-order valence-corrected chi connectivity index (χ1v) is 9.73. The lowest BCUT2D eigenvalue weighted by Crippen LogP contribution is -2.35. The molecule has 2 aliphatic rings. The van der Waals surface area contributed by atoms with Crippen LogP contribution in [-0.4, -0.2) is 63.7 Å². The van der Waals surface area contributed by atoms with Crippen LogP contribution in [0.5, 0.6) is 0 Å². The molecule has 0 spiro atoms. The van der Waals surface area contributed by atoms with Crippen molar-refractivity contribution in [2.75, 3.05) is 33.2 Å².